The van der Waals surface area contributed by atoms with Gasteiger partial charge in [-0.3, -0.25) is 4.90 Å². The van der Waals surface area contributed by atoms with Crippen LogP contribution in [0.4, 0.5) is 5.82 Å². The summed E-state index contributed by atoms with van der Waals surface area (Å²) in [5.74, 6) is -0.0363. The van der Waals surface area contributed by atoms with E-state index in [0.717, 1.165) is 32.0 Å². The number of carboxylic acids is 1. The molecule has 104 valence electrons. The number of rotatable bonds is 3. The van der Waals surface area contributed by atoms with E-state index >= 15 is 0 Å². The number of carbonyl (C=O) groups is 1. The van der Waals surface area contributed by atoms with Gasteiger partial charge in [0.15, 0.2) is 0 Å². The molecule has 1 aromatic rings. The molecule has 19 heavy (non-hydrogen) atoms. The lowest BCUT2D eigenvalue weighted by Gasteiger charge is -2.40. The summed E-state index contributed by atoms with van der Waals surface area (Å²) in [6, 6.07) is 3.96. The molecule has 1 atom stereocenters. The van der Waals surface area contributed by atoms with Gasteiger partial charge in [0.05, 0.1) is 11.3 Å². The lowest BCUT2D eigenvalue weighted by molar-refractivity contribution is 0.0695. The molecule has 0 aliphatic carbocycles. The first kappa shape index (κ1) is 13.8. The minimum atomic E-state index is -0.916. The molecule has 0 amide bonds. The van der Waals surface area contributed by atoms with Crippen molar-refractivity contribution in [1.82, 2.24) is 9.88 Å². The summed E-state index contributed by atoms with van der Waals surface area (Å²) in [4.78, 5) is 20.1. The quantitative estimate of drug-likeness (QED) is 0.898. The molecule has 2 heterocycles. The molecule has 1 aromatic heterocycles. The van der Waals surface area contributed by atoms with Crippen LogP contribution in [0.15, 0.2) is 12.1 Å². The molecule has 1 aliphatic rings. The maximum absolute atomic E-state index is 11.0. The van der Waals surface area contributed by atoms with E-state index < -0.39 is 5.97 Å². The Labute approximate surface area is 113 Å². The van der Waals surface area contributed by atoms with Crippen molar-refractivity contribution in [3.8, 4) is 0 Å². The van der Waals surface area contributed by atoms with Gasteiger partial charge >= 0.3 is 5.97 Å². The largest absolute Gasteiger partial charge is 0.478 e. The minimum absolute atomic E-state index is 0.281. The zero-order valence-corrected chi connectivity index (χ0v) is 11.8. The van der Waals surface area contributed by atoms with Crippen molar-refractivity contribution in [1.29, 1.82) is 0 Å². The number of aromatic nitrogens is 1. The summed E-state index contributed by atoms with van der Waals surface area (Å²) in [5.41, 5.74) is 0.861. The number of piperazine rings is 1. The monoisotopic (exact) mass is 263 g/mol. The first-order valence-electron chi connectivity index (χ1n) is 6.73. The molecular formula is C14H21N3O2. The fourth-order valence-electron chi connectivity index (χ4n) is 2.62. The highest BCUT2D eigenvalue weighted by Gasteiger charge is 2.23. The highest BCUT2D eigenvalue weighted by atomic mass is 16.4. The van der Waals surface area contributed by atoms with Crippen LogP contribution < -0.4 is 4.90 Å². The van der Waals surface area contributed by atoms with Gasteiger partial charge in [0.25, 0.3) is 0 Å². The molecule has 0 saturated carbocycles. The fraction of sp³-hybridized carbons (Fsp3) is 0.571. The molecule has 5 nitrogen and oxygen atoms in total. The van der Waals surface area contributed by atoms with Crippen LogP contribution in [0.5, 0.6) is 0 Å². The van der Waals surface area contributed by atoms with E-state index in [4.69, 9.17) is 5.11 Å². The summed E-state index contributed by atoms with van der Waals surface area (Å²) in [7, 11) is 0. The number of likely N-dealkylation sites (N-methyl/N-ethyl adjacent to an activating group) is 1. The molecule has 0 radical (unpaired) electrons. The Morgan fingerprint density at radius 1 is 1.47 bits per heavy atom. The van der Waals surface area contributed by atoms with Crippen molar-refractivity contribution in [2.24, 2.45) is 0 Å². The smallest absolute Gasteiger partial charge is 0.337 e. The number of aryl methyl sites for hydroxylation is 1. The average Bonchev–Trinajstić information content (AvgIpc) is 2.38. The van der Waals surface area contributed by atoms with Gasteiger partial charge in [0, 0.05) is 25.7 Å². The predicted octanol–water partition coefficient (Wildman–Crippen LogP) is 1.62. The maximum Gasteiger partial charge on any atom is 0.337 e. The lowest BCUT2D eigenvalue weighted by atomic mass is 10.1. The van der Waals surface area contributed by atoms with E-state index in [1.54, 1.807) is 13.0 Å². The second kappa shape index (κ2) is 5.57. The van der Waals surface area contributed by atoms with Crippen molar-refractivity contribution < 1.29 is 9.90 Å². The zero-order valence-electron chi connectivity index (χ0n) is 11.8. The van der Waals surface area contributed by atoms with Crippen molar-refractivity contribution >= 4 is 11.8 Å². The molecule has 1 fully saturated rings. The molecule has 1 N–H and O–H groups in total. The summed E-state index contributed by atoms with van der Waals surface area (Å²) in [6.07, 6.45) is 0. The molecule has 1 aliphatic heterocycles. The number of hydrogen-bond donors (Lipinski definition) is 1. The number of pyridine rings is 1. The molecule has 0 aromatic carbocycles. The number of hydrogen-bond acceptors (Lipinski definition) is 4. The van der Waals surface area contributed by atoms with Crippen LogP contribution >= 0.6 is 0 Å². The minimum Gasteiger partial charge on any atom is -0.478 e. The fourth-order valence-corrected chi connectivity index (χ4v) is 2.62. The maximum atomic E-state index is 11.0. The number of anilines is 1. The normalized spacial score (nSPS) is 20.6. The van der Waals surface area contributed by atoms with Crippen molar-refractivity contribution in [3.63, 3.8) is 0 Å². The van der Waals surface area contributed by atoms with Gasteiger partial charge in [-0.1, -0.05) is 6.92 Å². The van der Waals surface area contributed by atoms with Crippen LogP contribution in [0.2, 0.25) is 0 Å². The third-order valence-corrected chi connectivity index (χ3v) is 3.80. The second-order valence-electron chi connectivity index (χ2n) is 5.03. The van der Waals surface area contributed by atoms with Crippen molar-refractivity contribution in [3.05, 3.63) is 23.4 Å². The van der Waals surface area contributed by atoms with Crippen LogP contribution in [0, 0.1) is 6.92 Å². The van der Waals surface area contributed by atoms with E-state index in [2.05, 4.69) is 28.6 Å². The van der Waals surface area contributed by atoms with Gasteiger partial charge in [-0.05, 0) is 32.5 Å². The van der Waals surface area contributed by atoms with Crippen LogP contribution in [0.3, 0.4) is 0 Å². The number of aromatic carboxylic acids is 1. The summed E-state index contributed by atoms with van der Waals surface area (Å²) < 4.78 is 0. The van der Waals surface area contributed by atoms with Crippen molar-refractivity contribution in [2.45, 2.75) is 26.8 Å². The van der Waals surface area contributed by atoms with E-state index in [1.165, 1.54) is 0 Å². The van der Waals surface area contributed by atoms with E-state index in [0.29, 0.717) is 11.7 Å². The molecular weight excluding hydrogens is 242 g/mol. The highest BCUT2D eigenvalue weighted by Crippen LogP contribution is 2.19. The molecule has 0 bridgehead atoms. The van der Waals surface area contributed by atoms with E-state index in [9.17, 15) is 4.79 Å². The van der Waals surface area contributed by atoms with Gasteiger partial charge in [-0.2, -0.15) is 0 Å². The number of carboxylic acid groups (broad SMARTS) is 1. The third kappa shape index (κ3) is 2.87. The van der Waals surface area contributed by atoms with Crippen LogP contribution in [-0.4, -0.2) is 53.2 Å². The Hall–Kier alpha value is -1.62. The van der Waals surface area contributed by atoms with E-state index in [-0.39, 0.29) is 5.56 Å². The van der Waals surface area contributed by atoms with Gasteiger partial charge in [-0.15, -0.1) is 0 Å². The third-order valence-electron chi connectivity index (χ3n) is 3.80. The second-order valence-corrected chi connectivity index (χ2v) is 5.03. The lowest BCUT2D eigenvalue weighted by Crippen LogP contribution is -2.52. The molecule has 1 saturated heterocycles. The van der Waals surface area contributed by atoms with E-state index in [1.807, 2.05) is 6.07 Å². The first-order chi connectivity index (χ1) is 9.02. The van der Waals surface area contributed by atoms with Crippen LogP contribution in [0.25, 0.3) is 0 Å². The molecule has 5 heteroatoms. The Bertz CT molecular complexity index is 476. The predicted molar refractivity (Wildman–Crippen MR) is 74.9 cm³/mol. The Morgan fingerprint density at radius 2 is 2.21 bits per heavy atom. The molecule has 0 spiro atoms. The van der Waals surface area contributed by atoms with Crippen LogP contribution in [-0.2, 0) is 0 Å². The zero-order chi connectivity index (χ0) is 14.0. The van der Waals surface area contributed by atoms with Gasteiger partial charge < -0.3 is 10.0 Å². The summed E-state index contributed by atoms with van der Waals surface area (Å²) >= 11 is 0. The molecule has 2 rings (SSSR count). The average molecular weight is 263 g/mol. The number of nitrogens with zero attached hydrogens (tertiary/aromatic N) is 3. The Morgan fingerprint density at radius 3 is 2.74 bits per heavy atom. The summed E-state index contributed by atoms with van der Waals surface area (Å²) in [5, 5.41) is 9.02. The summed E-state index contributed by atoms with van der Waals surface area (Å²) in [6.45, 7) is 10.1. The molecule has 1 unspecified atom stereocenters. The SMILES string of the molecule is CCN1CCN(c2ccc(C(=O)O)c(C)n2)CC1C. The Balaban J connectivity index is 2.15. The highest BCUT2D eigenvalue weighted by molar-refractivity contribution is 5.89. The first-order valence-corrected chi connectivity index (χ1v) is 6.73. The Kier molecular flexibility index (Phi) is 4.04. The van der Waals surface area contributed by atoms with Crippen LogP contribution in [0.1, 0.15) is 29.9 Å². The van der Waals surface area contributed by atoms with Gasteiger partial charge in [0.2, 0.25) is 0 Å². The standard InChI is InChI=1S/C14H21N3O2/c1-4-16-7-8-17(9-10(16)2)13-6-5-12(14(18)19)11(3)15-13/h5-6,10H,4,7-9H2,1-3H3,(H,18,19). The topological polar surface area (TPSA) is 56.7 Å². The van der Waals surface area contributed by atoms with Gasteiger partial charge in [-0.25, -0.2) is 9.78 Å². The van der Waals surface area contributed by atoms with Crippen molar-refractivity contribution in [2.75, 3.05) is 31.1 Å². The van der Waals surface area contributed by atoms with Gasteiger partial charge in [0.1, 0.15) is 5.82 Å².